The Balaban J connectivity index is 1.72. The Morgan fingerprint density at radius 2 is 0.686 bits per heavy atom. The molecule has 0 bridgehead atoms. The molecule has 35 heavy (non-hydrogen) atoms. The second-order valence-corrected chi connectivity index (χ2v) is 5.81. The lowest BCUT2D eigenvalue weighted by Gasteiger charge is -2.10. The van der Waals surface area contributed by atoms with E-state index >= 15 is 0 Å². The molecule has 0 aliphatic rings. The molecule has 0 aromatic heterocycles. The Morgan fingerprint density at radius 1 is 0.429 bits per heavy atom. The Bertz CT molecular complexity index is 996. The molecule has 2 aromatic carbocycles. The number of rotatable bonds is 8. The van der Waals surface area contributed by atoms with E-state index in [-0.39, 0.29) is 0 Å². The van der Waals surface area contributed by atoms with Crippen molar-refractivity contribution < 1.29 is 77.2 Å². The van der Waals surface area contributed by atoms with E-state index in [9.17, 15) is 53.5 Å². The zero-order chi connectivity index (χ0) is 26.4. The molecule has 0 heterocycles. The topological polar surface area (TPSA) is 80.3 Å². The van der Waals surface area contributed by atoms with Crippen molar-refractivity contribution in [3.05, 3.63) is 58.2 Å². The first-order valence-corrected chi connectivity index (χ1v) is 8.68. The van der Waals surface area contributed by atoms with E-state index in [0.717, 1.165) is 0 Å². The standard InChI is InChI=1S/C18H8F10O7/c19-5-7(21)11(25)15(12(26)8(5)22)34-17(29)32-3-1-31-2-4-33-18(30)35-16-13(27)9(23)6(20)10(24)14(16)28/h1-4H2. The van der Waals surface area contributed by atoms with Gasteiger partial charge in [0.25, 0.3) is 0 Å². The molecule has 0 aliphatic carbocycles. The van der Waals surface area contributed by atoms with Crippen molar-refractivity contribution in [2.24, 2.45) is 0 Å². The van der Waals surface area contributed by atoms with Crippen molar-refractivity contribution in [2.75, 3.05) is 26.4 Å². The first kappa shape index (κ1) is 27.5. The second-order valence-electron chi connectivity index (χ2n) is 5.81. The fourth-order valence-electron chi connectivity index (χ4n) is 2.04. The molecule has 192 valence electrons. The molecule has 7 nitrogen and oxygen atoms in total. The smallest absolute Gasteiger partial charge is 0.432 e. The van der Waals surface area contributed by atoms with Crippen LogP contribution in [0.15, 0.2) is 0 Å². The summed E-state index contributed by atoms with van der Waals surface area (Å²) in [5.74, 6) is -28.0. The fourth-order valence-corrected chi connectivity index (χ4v) is 2.04. The van der Waals surface area contributed by atoms with Crippen molar-refractivity contribution in [1.82, 2.24) is 0 Å². The van der Waals surface area contributed by atoms with Crippen LogP contribution in [0.4, 0.5) is 53.5 Å². The van der Waals surface area contributed by atoms with Crippen molar-refractivity contribution >= 4 is 12.3 Å². The zero-order valence-electron chi connectivity index (χ0n) is 16.5. The average Bonchev–Trinajstić information content (AvgIpc) is 2.83. The quantitative estimate of drug-likeness (QED) is 0.122. The van der Waals surface area contributed by atoms with Crippen LogP contribution in [0.1, 0.15) is 0 Å². The highest BCUT2D eigenvalue weighted by Gasteiger charge is 2.30. The van der Waals surface area contributed by atoms with E-state index in [0.29, 0.717) is 0 Å². The van der Waals surface area contributed by atoms with Crippen LogP contribution in [-0.2, 0) is 14.2 Å². The number of hydrogen-bond donors (Lipinski definition) is 0. The van der Waals surface area contributed by atoms with Crippen molar-refractivity contribution in [2.45, 2.75) is 0 Å². The predicted octanol–water partition coefficient (Wildman–Crippen LogP) is 4.83. The van der Waals surface area contributed by atoms with E-state index < -0.39 is 108 Å². The van der Waals surface area contributed by atoms with Crippen molar-refractivity contribution in [1.29, 1.82) is 0 Å². The molecule has 2 aromatic rings. The summed E-state index contributed by atoms with van der Waals surface area (Å²) < 4.78 is 152. The van der Waals surface area contributed by atoms with E-state index in [1.54, 1.807) is 0 Å². The summed E-state index contributed by atoms with van der Waals surface area (Å²) in [6, 6.07) is 0. The maximum Gasteiger partial charge on any atom is 0.514 e. The van der Waals surface area contributed by atoms with E-state index in [1.165, 1.54) is 0 Å². The van der Waals surface area contributed by atoms with Gasteiger partial charge in [-0.3, -0.25) is 0 Å². The van der Waals surface area contributed by atoms with Gasteiger partial charge in [0.1, 0.15) is 13.2 Å². The summed E-state index contributed by atoms with van der Waals surface area (Å²) in [5, 5.41) is 0. The first-order valence-electron chi connectivity index (χ1n) is 8.68. The lowest BCUT2D eigenvalue weighted by atomic mass is 10.3. The van der Waals surface area contributed by atoms with E-state index in [2.05, 4.69) is 18.9 Å². The minimum absolute atomic E-state index is 0.512. The van der Waals surface area contributed by atoms with E-state index in [4.69, 9.17) is 4.74 Å². The highest BCUT2D eigenvalue weighted by molar-refractivity contribution is 5.64. The Labute approximate surface area is 186 Å². The lowest BCUT2D eigenvalue weighted by molar-refractivity contribution is 0.0253. The number of halogens is 10. The molecule has 0 saturated carbocycles. The third-order valence-electron chi connectivity index (χ3n) is 3.61. The average molecular weight is 526 g/mol. The second kappa shape index (κ2) is 11.6. The van der Waals surface area contributed by atoms with Gasteiger partial charge in [-0.2, -0.15) is 17.6 Å². The highest BCUT2D eigenvalue weighted by Crippen LogP contribution is 2.30. The van der Waals surface area contributed by atoms with Gasteiger partial charge in [-0.15, -0.1) is 0 Å². The van der Waals surface area contributed by atoms with Gasteiger partial charge in [0.05, 0.1) is 13.2 Å². The van der Waals surface area contributed by atoms with Gasteiger partial charge in [-0.05, 0) is 0 Å². The van der Waals surface area contributed by atoms with Crippen LogP contribution in [0.3, 0.4) is 0 Å². The molecular formula is C18H8F10O7. The van der Waals surface area contributed by atoms with E-state index in [1.807, 2.05) is 0 Å². The summed E-state index contributed by atoms with van der Waals surface area (Å²) >= 11 is 0. The summed E-state index contributed by atoms with van der Waals surface area (Å²) in [4.78, 5) is 22.6. The molecule has 17 heteroatoms. The number of benzene rings is 2. The molecule has 0 atom stereocenters. The minimum Gasteiger partial charge on any atom is -0.432 e. The van der Waals surface area contributed by atoms with Crippen LogP contribution in [0, 0.1) is 58.2 Å². The number of hydrogen-bond acceptors (Lipinski definition) is 7. The van der Waals surface area contributed by atoms with Crippen LogP contribution in [0.2, 0.25) is 0 Å². The van der Waals surface area contributed by atoms with Gasteiger partial charge in [-0.1, -0.05) is 0 Å². The van der Waals surface area contributed by atoms with Gasteiger partial charge in [0, 0.05) is 0 Å². The van der Waals surface area contributed by atoms with Gasteiger partial charge in [-0.25, -0.2) is 35.9 Å². The molecule has 0 N–H and O–H groups in total. The SMILES string of the molecule is O=C(OCCOCCOC(=O)Oc1c(F)c(F)c(F)c(F)c1F)Oc1c(F)c(F)c(F)c(F)c1F. The minimum atomic E-state index is -2.48. The first-order chi connectivity index (χ1) is 16.4. The number of carbonyl (C=O) groups is 2. The number of carbonyl (C=O) groups excluding carboxylic acids is 2. The Morgan fingerprint density at radius 3 is 0.971 bits per heavy atom. The van der Waals surface area contributed by atoms with Gasteiger partial charge in [0.2, 0.25) is 69.7 Å². The summed E-state index contributed by atoms with van der Waals surface area (Å²) in [6.45, 7) is -2.43. The number of ether oxygens (including phenoxy) is 5. The normalized spacial score (nSPS) is 10.8. The van der Waals surface area contributed by atoms with Crippen molar-refractivity contribution in [3.63, 3.8) is 0 Å². The molecule has 0 amide bonds. The maximum atomic E-state index is 13.4. The largest absolute Gasteiger partial charge is 0.514 e. The molecule has 2 rings (SSSR count). The maximum absolute atomic E-state index is 13.4. The Kier molecular flexibility index (Phi) is 9.10. The monoisotopic (exact) mass is 526 g/mol. The molecule has 0 unspecified atom stereocenters. The molecular weight excluding hydrogens is 518 g/mol. The molecule has 0 saturated heterocycles. The van der Waals surface area contributed by atoms with Crippen LogP contribution in [-0.4, -0.2) is 38.7 Å². The van der Waals surface area contributed by atoms with Crippen LogP contribution in [0.25, 0.3) is 0 Å². The lowest BCUT2D eigenvalue weighted by Crippen LogP contribution is -2.19. The molecule has 0 radical (unpaired) electrons. The third kappa shape index (κ3) is 6.23. The Hall–Kier alpha value is -3.76. The summed E-state index contributed by atoms with van der Waals surface area (Å²) in [5.41, 5.74) is 0. The summed E-state index contributed by atoms with van der Waals surface area (Å²) in [7, 11) is 0. The predicted molar refractivity (Wildman–Crippen MR) is 87.2 cm³/mol. The molecule has 0 aliphatic heterocycles. The summed E-state index contributed by atoms with van der Waals surface area (Å²) in [6.07, 6.45) is -3.75. The van der Waals surface area contributed by atoms with Crippen LogP contribution < -0.4 is 9.47 Å². The van der Waals surface area contributed by atoms with Gasteiger partial charge in [0.15, 0.2) is 0 Å². The van der Waals surface area contributed by atoms with Gasteiger partial charge < -0.3 is 23.7 Å². The fraction of sp³-hybridized carbons (Fsp3) is 0.222. The van der Waals surface area contributed by atoms with Crippen LogP contribution >= 0.6 is 0 Å². The zero-order valence-corrected chi connectivity index (χ0v) is 16.5. The third-order valence-corrected chi connectivity index (χ3v) is 3.61. The molecule has 0 fully saturated rings. The molecule has 0 spiro atoms. The van der Waals surface area contributed by atoms with Crippen molar-refractivity contribution in [3.8, 4) is 11.5 Å². The van der Waals surface area contributed by atoms with Crippen LogP contribution in [0.5, 0.6) is 11.5 Å². The highest BCUT2D eigenvalue weighted by atomic mass is 19.2. The van der Waals surface area contributed by atoms with Gasteiger partial charge >= 0.3 is 12.3 Å².